The molecule has 2 atom stereocenters. The van der Waals surface area contributed by atoms with Crippen molar-refractivity contribution in [2.75, 3.05) is 22.6 Å². The summed E-state index contributed by atoms with van der Waals surface area (Å²) in [7, 11) is -3.27. The second kappa shape index (κ2) is 12.3. The van der Waals surface area contributed by atoms with E-state index in [1.54, 1.807) is 24.3 Å². The molecule has 12 heteroatoms. The summed E-state index contributed by atoms with van der Waals surface area (Å²) in [5, 5.41) is 19.5. The Morgan fingerprint density at radius 2 is 1.91 bits per heavy atom. The molecule has 2 heterocycles. The lowest BCUT2D eigenvalue weighted by Gasteiger charge is -2.24. The molecule has 2 aliphatic rings. The molecule has 4 aromatic rings. The van der Waals surface area contributed by atoms with Crippen molar-refractivity contribution in [2.24, 2.45) is 0 Å². The summed E-state index contributed by atoms with van der Waals surface area (Å²) in [5.41, 5.74) is 9.57. The van der Waals surface area contributed by atoms with Crippen LogP contribution in [0.2, 0.25) is 5.02 Å². The van der Waals surface area contributed by atoms with Crippen LogP contribution in [-0.4, -0.2) is 36.5 Å². The summed E-state index contributed by atoms with van der Waals surface area (Å²) in [5.74, 6) is -0.485. The Morgan fingerprint density at radius 3 is 2.59 bits per heavy atom. The first-order chi connectivity index (χ1) is 21.5. The Hall–Kier alpha value is -4.37. The van der Waals surface area contributed by atoms with Crippen molar-refractivity contribution in [3.8, 4) is 6.07 Å². The lowest BCUT2D eigenvalue weighted by atomic mass is 10.0. The largest absolute Gasteiger partial charge is 0.377 e. The van der Waals surface area contributed by atoms with Gasteiger partial charge in [-0.2, -0.15) is 5.26 Å². The van der Waals surface area contributed by atoms with Crippen molar-refractivity contribution in [3.63, 3.8) is 0 Å². The molecule has 1 unspecified atom stereocenters. The maximum Gasteiger partial charge on any atom is 0.147 e. The third kappa shape index (κ3) is 6.73. The molecular formula is C32H31ClFN7O2S. The summed E-state index contributed by atoms with van der Waals surface area (Å²) in [4.78, 5) is 4.45. The summed E-state index contributed by atoms with van der Waals surface area (Å²) in [6.45, 7) is 0. The van der Waals surface area contributed by atoms with Crippen molar-refractivity contribution in [3.05, 3.63) is 112 Å². The molecule has 1 aromatic heterocycles. The third-order valence-corrected chi connectivity index (χ3v) is 8.81. The number of aromatic nitrogens is 1. The molecule has 0 bridgehead atoms. The van der Waals surface area contributed by atoms with Crippen LogP contribution in [0.3, 0.4) is 0 Å². The molecule has 3 aromatic carbocycles. The predicted octanol–water partition coefficient (Wildman–Crippen LogP) is 5.97. The number of benzene rings is 3. The highest BCUT2D eigenvalue weighted by atomic mass is 35.5. The fraction of sp³-hybridized carbons (Fsp3) is 0.250. The van der Waals surface area contributed by atoms with Crippen molar-refractivity contribution in [1.82, 2.24) is 21.0 Å². The fourth-order valence-corrected chi connectivity index (χ4v) is 6.08. The van der Waals surface area contributed by atoms with Gasteiger partial charge in [-0.1, -0.05) is 54.1 Å². The minimum Gasteiger partial charge on any atom is -0.377 e. The second-order valence-electron chi connectivity index (χ2n) is 11.0. The van der Waals surface area contributed by atoms with Crippen LogP contribution in [0.15, 0.2) is 84.8 Å². The third-order valence-electron chi connectivity index (χ3n) is 7.54. The highest BCUT2D eigenvalue weighted by molar-refractivity contribution is 7.90. The smallest absolute Gasteiger partial charge is 0.147 e. The zero-order chi connectivity index (χ0) is 31.8. The summed E-state index contributed by atoms with van der Waals surface area (Å²) < 4.78 is 47.8. The molecule has 9 nitrogen and oxygen atoms in total. The molecule has 0 saturated heterocycles. The van der Waals surface area contributed by atoms with Crippen LogP contribution in [-0.2, 0) is 9.84 Å². The molecule has 1 saturated carbocycles. The first-order valence-corrected chi connectivity index (χ1v) is 16.6. The average molecular weight is 633 g/mol. The van der Waals surface area contributed by atoms with Gasteiger partial charge in [-0.3, -0.25) is 9.99 Å². The molecule has 6 rings (SSSR count). The van der Waals surface area contributed by atoms with E-state index in [4.69, 9.17) is 11.6 Å². The zero-order valence-corrected chi connectivity index (χ0v) is 25.4. The van der Waals surface area contributed by atoms with Crippen LogP contribution < -0.4 is 21.6 Å². The van der Waals surface area contributed by atoms with Gasteiger partial charge in [0.2, 0.25) is 0 Å². The molecule has 1 fully saturated rings. The fourth-order valence-electron chi connectivity index (χ4n) is 5.15. The van der Waals surface area contributed by atoms with Gasteiger partial charge in [0.25, 0.3) is 0 Å². The van der Waals surface area contributed by atoms with Gasteiger partial charge in [-0.15, -0.1) is 5.53 Å². The van der Waals surface area contributed by atoms with Gasteiger partial charge in [-0.05, 0) is 54.7 Å². The van der Waals surface area contributed by atoms with Gasteiger partial charge in [0.1, 0.15) is 21.7 Å². The van der Waals surface area contributed by atoms with Gasteiger partial charge in [0, 0.05) is 35.8 Å². The second-order valence-corrected chi connectivity index (χ2v) is 13.6. The minimum absolute atomic E-state index is 0.0644. The Kier molecular flexibility index (Phi) is 7.95. The summed E-state index contributed by atoms with van der Waals surface area (Å²) in [6, 6.07) is 19.0. The number of hydrogen-bond acceptors (Lipinski definition) is 9. The maximum absolute atomic E-state index is 13.9. The quantitative estimate of drug-likeness (QED) is 0.158. The number of sulfone groups is 1. The van der Waals surface area contributed by atoms with Gasteiger partial charge < -0.3 is 16.1 Å². The number of rotatable bonds is 11. The van der Waals surface area contributed by atoms with Crippen LogP contribution in [0, 0.1) is 17.1 Å². The molecular weight excluding hydrogens is 601 g/mol. The van der Waals surface area contributed by atoms with Crippen LogP contribution >= 0.6 is 11.6 Å². The highest BCUT2D eigenvalue weighted by Crippen LogP contribution is 2.38. The van der Waals surface area contributed by atoms with Crippen molar-refractivity contribution >= 4 is 43.7 Å². The number of anilines is 2. The van der Waals surface area contributed by atoms with E-state index < -0.39 is 27.7 Å². The molecule has 0 radical (unpaired) electrons. The Labute approximate surface area is 262 Å². The number of nitrogens with zero attached hydrogens (tertiary/aromatic N) is 3. The van der Waals surface area contributed by atoms with E-state index in [1.807, 2.05) is 41.5 Å². The van der Waals surface area contributed by atoms with E-state index in [2.05, 4.69) is 32.6 Å². The number of halogens is 2. The van der Waals surface area contributed by atoms with Gasteiger partial charge in [0.15, 0.2) is 0 Å². The minimum atomic E-state index is -3.27. The van der Waals surface area contributed by atoms with E-state index in [0.717, 1.165) is 18.4 Å². The van der Waals surface area contributed by atoms with Crippen LogP contribution in [0.5, 0.6) is 0 Å². The van der Waals surface area contributed by atoms with E-state index in [1.165, 1.54) is 24.6 Å². The Morgan fingerprint density at radius 1 is 1.16 bits per heavy atom. The normalized spacial score (nSPS) is 17.2. The van der Waals surface area contributed by atoms with Crippen molar-refractivity contribution in [2.45, 2.75) is 37.4 Å². The number of hydrogen-bond donors (Lipinski definition) is 4. The lowest BCUT2D eigenvalue weighted by Crippen LogP contribution is -2.38. The summed E-state index contributed by atoms with van der Waals surface area (Å²) in [6.07, 6.45) is 6.78. The highest BCUT2D eigenvalue weighted by Gasteiger charge is 2.32. The number of hydrazine groups is 2. The van der Waals surface area contributed by atoms with Gasteiger partial charge in [0.05, 0.1) is 46.7 Å². The standard InChI is InChI=1S/C32H31ClFN7O2S/c1-44(42,43)14-13-28(20-5-3-2-4-6-20)38-30-22(17-35)18-36-32-26(30)15-24(16-27(32)33)37-31(21-7-9-23(34)10-8-21)29-19-41(40-39-29)25-11-12-25/h2-10,15-16,18-19,25,28,31,37,39-40H,11-14H2,1H3,(H,36,38)/t28-,31?/m1/s1/i31D. The summed E-state index contributed by atoms with van der Waals surface area (Å²) >= 11 is 6.78. The van der Waals surface area contributed by atoms with E-state index >= 15 is 0 Å². The monoisotopic (exact) mass is 632 g/mol. The molecule has 44 heavy (non-hydrogen) atoms. The number of fused-ring (bicyclic) bond motifs is 1. The van der Waals surface area contributed by atoms with Gasteiger partial charge in [-0.25, -0.2) is 12.8 Å². The molecule has 1 aliphatic carbocycles. The molecule has 4 N–H and O–H groups in total. The first kappa shape index (κ1) is 28.4. The van der Waals surface area contributed by atoms with Crippen molar-refractivity contribution < 1.29 is 14.2 Å². The molecule has 0 amide bonds. The van der Waals surface area contributed by atoms with E-state index in [0.29, 0.717) is 39.6 Å². The number of nitriles is 1. The Bertz CT molecular complexity index is 1920. The molecule has 226 valence electrons. The van der Waals surface area contributed by atoms with E-state index in [-0.39, 0.29) is 22.8 Å². The predicted molar refractivity (Wildman–Crippen MR) is 171 cm³/mol. The Balaban J connectivity index is 1.44. The topological polar surface area (TPSA) is 122 Å². The number of pyridine rings is 1. The van der Waals surface area contributed by atoms with Crippen molar-refractivity contribution in [1.29, 1.82) is 5.26 Å². The SMILES string of the molecule is [2H]C(Nc1cc(Cl)c2ncc(C#N)c(N[C@H](CCS(C)(=O)=O)c3ccccc3)c2c1)(C1=CN(C2CC2)NN1)c1ccc(F)cc1. The number of nitrogens with one attached hydrogen (secondary N) is 4. The van der Waals surface area contributed by atoms with E-state index in [9.17, 15) is 19.4 Å². The molecule has 1 aliphatic heterocycles. The average Bonchev–Trinajstić information content (AvgIpc) is 3.74. The van der Waals surface area contributed by atoms with Crippen LogP contribution in [0.4, 0.5) is 15.8 Å². The zero-order valence-electron chi connectivity index (χ0n) is 24.8. The van der Waals surface area contributed by atoms with Crippen LogP contribution in [0.25, 0.3) is 10.9 Å². The molecule has 0 spiro atoms. The van der Waals surface area contributed by atoms with Crippen LogP contribution in [0.1, 0.15) is 49.4 Å². The first-order valence-electron chi connectivity index (χ1n) is 14.6. The van der Waals surface area contributed by atoms with Gasteiger partial charge >= 0.3 is 0 Å². The lowest BCUT2D eigenvalue weighted by molar-refractivity contribution is 0.260. The maximum atomic E-state index is 13.9.